The van der Waals surface area contributed by atoms with Crippen LogP contribution in [-0.4, -0.2) is 41.1 Å². The van der Waals surface area contributed by atoms with Crippen molar-refractivity contribution in [3.63, 3.8) is 0 Å². The molecule has 0 aliphatic carbocycles. The van der Waals surface area contributed by atoms with Crippen molar-refractivity contribution >= 4 is 17.6 Å². The number of hydrogen-bond acceptors (Lipinski definition) is 7. The first-order valence-electron chi connectivity index (χ1n) is 5.53. The smallest absolute Gasteiger partial charge is 0.330 e. The summed E-state index contributed by atoms with van der Waals surface area (Å²) in [5.74, 6) is -1.34. The van der Waals surface area contributed by atoms with E-state index in [0.29, 0.717) is 0 Å². The van der Waals surface area contributed by atoms with Gasteiger partial charge in [-0.05, 0) is 12.1 Å². The van der Waals surface area contributed by atoms with Gasteiger partial charge in [-0.2, -0.15) is 0 Å². The summed E-state index contributed by atoms with van der Waals surface area (Å²) in [6, 6.07) is 3.78. The first kappa shape index (κ1) is 15.5. The van der Waals surface area contributed by atoms with E-state index in [4.69, 9.17) is 15.6 Å². The van der Waals surface area contributed by atoms with Crippen LogP contribution in [0.25, 0.3) is 0 Å². The Bertz CT molecular complexity index is 501. The average Bonchev–Trinajstić information content (AvgIpc) is 2.44. The number of esters is 1. The second-order valence-corrected chi connectivity index (χ2v) is 3.73. The third kappa shape index (κ3) is 4.63. The highest BCUT2D eigenvalue weighted by molar-refractivity contribution is 5.86. The predicted molar refractivity (Wildman–Crippen MR) is 66.8 cm³/mol. The number of rotatable bonds is 6. The number of nitrogens with one attached hydrogen (secondary N) is 1. The molecule has 0 aromatic heterocycles. The molecule has 0 bridgehead atoms. The maximum absolute atomic E-state index is 11.4. The zero-order valence-corrected chi connectivity index (χ0v) is 10.3. The molecule has 0 saturated heterocycles. The molecule has 1 amide bonds. The van der Waals surface area contributed by atoms with Crippen molar-refractivity contribution in [1.82, 2.24) is 5.32 Å². The van der Waals surface area contributed by atoms with E-state index in [9.17, 15) is 19.7 Å². The molecule has 108 valence electrons. The van der Waals surface area contributed by atoms with Crippen molar-refractivity contribution in [2.24, 2.45) is 5.73 Å². The fraction of sp³-hybridized carbons (Fsp3) is 0.273. The summed E-state index contributed by atoms with van der Waals surface area (Å²) < 4.78 is 4.83. The second-order valence-electron chi connectivity index (χ2n) is 3.73. The normalized spacial score (nSPS) is 11.5. The molecule has 1 atom stereocenters. The monoisotopic (exact) mass is 283 g/mol. The number of aliphatic hydroxyl groups excluding tert-OH is 1. The Morgan fingerprint density at radius 3 is 2.50 bits per heavy atom. The van der Waals surface area contributed by atoms with Crippen LogP contribution >= 0.6 is 0 Å². The number of carbonyl (C=O) groups is 2. The molecule has 20 heavy (non-hydrogen) atoms. The number of aliphatic hydroxyl groups is 1. The molecule has 0 radical (unpaired) electrons. The summed E-state index contributed by atoms with van der Waals surface area (Å²) in [5, 5.41) is 21.2. The van der Waals surface area contributed by atoms with Crippen LogP contribution in [0, 0.1) is 10.1 Å². The van der Waals surface area contributed by atoms with Crippen LogP contribution in [0.5, 0.6) is 5.75 Å². The van der Waals surface area contributed by atoms with Gasteiger partial charge in [-0.15, -0.1) is 0 Å². The van der Waals surface area contributed by atoms with Gasteiger partial charge in [0.2, 0.25) is 5.91 Å². The van der Waals surface area contributed by atoms with E-state index >= 15 is 0 Å². The summed E-state index contributed by atoms with van der Waals surface area (Å²) in [6.07, 6.45) is 0. The van der Waals surface area contributed by atoms with E-state index < -0.39 is 36.0 Å². The van der Waals surface area contributed by atoms with E-state index in [1.807, 2.05) is 0 Å². The minimum absolute atomic E-state index is 0.112. The Morgan fingerprint density at radius 2 is 2.00 bits per heavy atom. The van der Waals surface area contributed by atoms with Crippen LogP contribution in [0.1, 0.15) is 0 Å². The minimum Gasteiger partial charge on any atom is -0.425 e. The Labute approximate surface area is 113 Å². The zero-order valence-electron chi connectivity index (χ0n) is 10.3. The van der Waals surface area contributed by atoms with Gasteiger partial charge in [0.15, 0.2) is 0 Å². The SMILES string of the molecule is N[C@@H](CO)C(=O)NCC(=O)Oc1ccc([N+](=O)[O-])cc1. The molecule has 0 unspecified atom stereocenters. The average molecular weight is 283 g/mol. The van der Waals surface area contributed by atoms with E-state index in [1.165, 1.54) is 24.3 Å². The van der Waals surface area contributed by atoms with Gasteiger partial charge in [0, 0.05) is 12.1 Å². The van der Waals surface area contributed by atoms with Gasteiger partial charge < -0.3 is 20.9 Å². The Balaban J connectivity index is 2.46. The standard InChI is InChI=1S/C11H13N3O6/c12-9(6-15)11(17)13-5-10(16)20-8-3-1-7(2-4-8)14(18)19/h1-4,9,15H,5-6,12H2,(H,13,17)/t9-/m0/s1. The summed E-state index contributed by atoms with van der Waals surface area (Å²) >= 11 is 0. The van der Waals surface area contributed by atoms with Gasteiger partial charge >= 0.3 is 5.97 Å². The van der Waals surface area contributed by atoms with Crippen molar-refractivity contribution in [2.45, 2.75) is 6.04 Å². The number of non-ortho nitro benzene ring substituents is 1. The number of carbonyl (C=O) groups excluding carboxylic acids is 2. The number of nitro benzene ring substituents is 1. The number of benzene rings is 1. The van der Waals surface area contributed by atoms with Crippen LogP contribution in [0.4, 0.5) is 5.69 Å². The highest BCUT2D eigenvalue weighted by Crippen LogP contribution is 2.17. The first-order chi connectivity index (χ1) is 9.43. The van der Waals surface area contributed by atoms with E-state index in [-0.39, 0.29) is 11.4 Å². The molecular formula is C11H13N3O6. The molecule has 0 spiro atoms. The summed E-state index contributed by atoms with van der Waals surface area (Å²) in [7, 11) is 0. The molecule has 4 N–H and O–H groups in total. The molecule has 0 fully saturated rings. The highest BCUT2D eigenvalue weighted by atomic mass is 16.6. The highest BCUT2D eigenvalue weighted by Gasteiger charge is 2.14. The van der Waals surface area contributed by atoms with Crippen molar-refractivity contribution in [3.8, 4) is 5.75 Å². The quantitative estimate of drug-likeness (QED) is 0.261. The minimum atomic E-state index is -1.11. The van der Waals surface area contributed by atoms with Crippen molar-refractivity contribution < 1.29 is 24.4 Å². The molecule has 0 aliphatic rings. The van der Waals surface area contributed by atoms with Crippen LogP contribution < -0.4 is 15.8 Å². The summed E-state index contributed by atoms with van der Waals surface area (Å²) in [6.45, 7) is -0.966. The van der Waals surface area contributed by atoms with Crippen molar-refractivity contribution in [2.75, 3.05) is 13.2 Å². The zero-order chi connectivity index (χ0) is 15.1. The van der Waals surface area contributed by atoms with Crippen molar-refractivity contribution in [1.29, 1.82) is 0 Å². The lowest BCUT2D eigenvalue weighted by Gasteiger charge is -2.09. The van der Waals surface area contributed by atoms with Gasteiger partial charge in [-0.1, -0.05) is 0 Å². The van der Waals surface area contributed by atoms with Crippen molar-refractivity contribution in [3.05, 3.63) is 34.4 Å². The number of nitro groups is 1. The lowest BCUT2D eigenvalue weighted by molar-refractivity contribution is -0.384. The molecule has 1 aromatic carbocycles. The summed E-state index contributed by atoms with van der Waals surface area (Å²) in [5.41, 5.74) is 5.09. The number of amides is 1. The fourth-order valence-electron chi connectivity index (χ4n) is 1.18. The molecule has 0 heterocycles. The van der Waals surface area contributed by atoms with Gasteiger partial charge in [-0.25, -0.2) is 4.79 Å². The number of nitrogens with two attached hydrogens (primary N) is 1. The maximum atomic E-state index is 11.4. The molecule has 1 aromatic rings. The lowest BCUT2D eigenvalue weighted by atomic mass is 10.3. The number of nitrogens with zero attached hydrogens (tertiary/aromatic N) is 1. The van der Waals surface area contributed by atoms with Crippen LogP contribution in [0.2, 0.25) is 0 Å². The van der Waals surface area contributed by atoms with Crippen LogP contribution in [-0.2, 0) is 9.59 Å². The molecule has 1 rings (SSSR count). The van der Waals surface area contributed by atoms with Gasteiger partial charge in [0.25, 0.3) is 5.69 Å². The van der Waals surface area contributed by atoms with Gasteiger partial charge in [-0.3, -0.25) is 14.9 Å². The van der Waals surface area contributed by atoms with E-state index in [2.05, 4.69) is 5.32 Å². The number of hydrogen-bond donors (Lipinski definition) is 3. The first-order valence-corrected chi connectivity index (χ1v) is 5.53. The maximum Gasteiger partial charge on any atom is 0.330 e. The topological polar surface area (TPSA) is 145 Å². The Kier molecular flexibility index (Phi) is 5.56. The summed E-state index contributed by atoms with van der Waals surface area (Å²) in [4.78, 5) is 32.4. The van der Waals surface area contributed by atoms with Crippen LogP contribution in [0.15, 0.2) is 24.3 Å². The molecular weight excluding hydrogens is 270 g/mol. The van der Waals surface area contributed by atoms with Gasteiger partial charge in [0.05, 0.1) is 11.5 Å². The third-order valence-corrected chi connectivity index (χ3v) is 2.22. The fourth-order valence-corrected chi connectivity index (χ4v) is 1.18. The lowest BCUT2D eigenvalue weighted by Crippen LogP contribution is -2.45. The second kappa shape index (κ2) is 7.16. The molecule has 9 heteroatoms. The molecule has 0 aliphatic heterocycles. The number of ether oxygens (including phenoxy) is 1. The van der Waals surface area contributed by atoms with E-state index in [1.54, 1.807) is 0 Å². The third-order valence-electron chi connectivity index (χ3n) is 2.22. The molecule has 0 saturated carbocycles. The van der Waals surface area contributed by atoms with Gasteiger partial charge in [0.1, 0.15) is 18.3 Å². The Morgan fingerprint density at radius 1 is 1.40 bits per heavy atom. The van der Waals surface area contributed by atoms with Crippen LogP contribution in [0.3, 0.4) is 0 Å². The Hall–Kier alpha value is -2.52. The largest absolute Gasteiger partial charge is 0.425 e. The van der Waals surface area contributed by atoms with E-state index in [0.717, 1.165) is 0 Å². The molecule has 9 nitrogen and oxygen atoms in total. The predicted octanol–water partition coefficient (Wildman–Crippen LogP) is -1.06.